The minimum Gasteiger partial charge on any atom is -0.439 e. The third kappa shape index (κ3) is 1.62. The summed E-state index contributed by atoms with van der Waals surface area (Å²) < 4.78 is 7.40. The molecule has 3 heteroatoms. The second-order valence-electron chi connectivity index (χ2n) is 3.17. The molecular weight excluding hydrogens is 176 g/mol. The first kappa shape index (κ1) is 8.81. The topological polar surface area (TPSA) is 27.1 Å². The molecule has 14 heavy (non-hydrogen) atoms. The second-order valence-corrected chi connectivity index (χ2v) is 3.17. The molecule has 1 heterocycles. The van der Waals surface area contributed by atoms with Crippen molar-refractivity contribution < 1.29 is 4.74 Å². The molecule has 0 amide bonds. The maximum absolute atomic E-state index is 5.68. The number of aryl methyl sites for hydroxylation is 2. The fourth-order valence-electron chi connectivity index (χ4n) is 1.28. The van der Waals surface area contributed by atoms with Crippen LogP contribution in [-0.4, -0.2) is 9.78 Å². The second kappa shape index (κ2) is 3.54. The van der Waals surface area contributed by atoms with Crippen molar-refractivity contribution in [2.45, 2.75) is 6.92 Å². The van der Waals surface area contributed by atoms with Gasteiger partial charge in [-0.3, -0.25) is 0 Å². The highest BCUT2D eigenvalue weighted by molar-refractivity contribution is 5.30. The van der Waals surface area contributed by atoms with Gasteiger partial charge in [-0.25, -0.2) is 4.68 Å². The molecule has 1 aromatic heterocycles. The Morgan fingerprint density at radius 2 is 1.93 bits per heavy atom. The van der Waals surface area contributed by atoms with Gasteiger partial charge in [0, 0.05) is 12.6 Å². The van der Waals surface area contributed by atoms with E-state index in [0.717, 1.165) is 17.2 Å². The fourth-order valence-corrected chi connectivity index (χ4v) is 1.28. The third-order valence-electron chi connectivity index (χ3n) is 2.01. The lowest BCUT2D eigenvalue weighted by atomic mass is 10.3. The zero-order valence-corrected chi connectivity index (χ0v) is 8.27. The molecule has 1 aromatic carbocycles. The van der Waals surface area contributed by atoms with Crippen LogP contribution in [0.2, 0.25) is 0 Å². The van der Waals surface area contributed by atoms with Gasteiger partial charge in [-0.15, -0.1) is 0 Å². The SMILES string of the molecule is Cc1cnn(C)c1Oc1ccccc1. The van der Waals surface area contributed by atoms with Crippen molar-refractivity contribution >= 4 is 0 Å². The average Bonchev–Trinajstić information content (AvgIpc) is 2.51. The Labute approximate surface area is 82.9 Å². The Balaban J connectivity index is 2.27. The Kier molecular flexibility index (Phi) is 2.23. The van der Waals surface area contributed by atoms with Gasteiger partial charge in [-0.1, -0.05) is 18.2 Å². The Morgan fingerprint density at radius 3 is 2.50 bits per heavy atom. The molecule has 0 aliphatic carbocycles. The summed E-state index contributed by atoms with van der Waals surface area (Å²) in [6, 6.07) is 9.70. The van der Waals surface area contributed by atoms with Gasteiger partial charge in [0.15, 0.2) is 0 Å². The predicted molar refractivity (Wildman–Crippen MR) is 54.5 cm³/mol. The number of nitrogens with zero attached hydrogens (tertiary/aromatic N) is 2. The fraction of sp³-hybridized carbons (Fsp3) is 0.182. The van der Waals surface area contributed by atoms with E-state index < -0.39 is 0 Å². The number of hydrogen-bond donors (Lipinski definition) is 0. The summed E-state index contributed by atoms with van der Waals surface area (Å²) in [5, 5.41) is 4.10. The van der Waals surface area contributed by atoms with Crippen LogP contribution in [0.15, 0.2) is 36.5 Å². The molecular formula is C11H12N2O. The molecule has 0 saturated heterocycles. The average molecular weight is 188 g/mol. The molecule has 0 radical (unpaired) electrons. The monoisotopic (exact) mass is 188 g/mol. The van der Waals surface area contributed by atoms with Crippen molar-refractivity contribution in [2.24, 2.45) is 7.05 Å². The van der Waals surface area contributed by atoms with Gasteiger partial charge in [-0.2, -0.15) is 5.10 Å². The minimum absolute atomic E-state index is 0.788. The molecule has 3 nitrogen and oxygen atoms in total. The summed E-state index contributed by atoms with van der Waals surface area (Å²) in [7, 11) is 1.87. The highest BCUT2D eigenvalue weighted by atomic mass is 16.5. The molecule has 72 valence electrons. The van der Waals surface area contributed by atoms with E-state index in [9.17, 15) is 0 Å². The van der Waals surface area contributed by atoms with Crippen LogP contribution in [0.1, 0.15) is 5.56 Å². The maximum atomic E-state index is 5.68. The molecule has 0 bridgehead atoms. The number of hydrogen-bond acceptors (Lipinski definition) is 2. The van der Waals surface area contributed by atoms with Gasteiger partial charge in [-0.05, 0) is 19.1 Å². The molecule has 0 unspecified atom stereocenters. The van der Waals surface area contributed by atoms with Gasteiger partial charge in [0.2, 0.25) is 5.88 Å². The van der Waals surface area contributed by atoms with E-state index in [2.05, 4.69) is 5.10 Å². The van der Waals surface area contributed by atoms with Gasteiger partial charge in [0.05, 0.1) is 6.20 Å². The summed E-state index contributed by atoms with van der Waals surface area (Å²) in [5.74, 6) is 1.62. The largest absolute Gasteiger partial charge is 0.439 e. The smallest absolute Gasteiger partial charge is 0.220 e. The van der Waals surface area contributed by atoms with Crippen LogP contribution in [0.5, 0.6) is 11.6 Å². The normalized spacial score (nSPS) is 10.1. The molecule has 0 saturated carbocycles. The van der Waals surface area contributed by atoms with Gasteiger partial charge < -0.3 is 4.74 Å². The first-order valence-electron chi connectivity index (χ1n) is 4.49. The lowest BCUT2D eigenvalue weighted by Gasteiger charge is -2.05. The van der Waals surface area contributed by atoms with Gasteiger partial charge >= 0.3 is 0 Å². The molecule has 2 rings (SSSR count). The van der Waals surface area contributed by atoms with Gasteiger partial charge in [0.1, 0.15) is 5.75 Å². The summed E-state index contributed by atoms with van der Waals surface area (Å²) >= 11 is 0. The first-order valence-corrected chi connectivity index (χ1v) is 4.49. The molecule has 0 spiro atoms. The van der Waals surface area contributed by atoms with E-state index in [1.54, 1.807) is 10.9 Å². The van der Waals surface area contributed by atoms with Crippen LogP contribution in [0.25, 0.3) is 0 Å². The van der Waals surface area contributed by atoms with Crippen molar-refractivity contribution in [3.05, 3.63) is 42.1 Å². The van der Waals surface area contributed by atoms with Crippen LogP contribution in [0.3, 0.4) is 0 Å². The Bertz CT molecular complexity index is 401. The van der Waals surface area contributed by atoms with Crippen molar-refractivity contribution in [3.8, 4) is 11.6 Å². The summed E-state index contributed by atoms with van der Waals surface area (Å²) in [6.45, 7) is 1.98. The number of ether oxygens (including phenoxy) is 1. The Hall–Kier alpha value is -1.77. The Morgan fingerprint density at radius 1 is 1.21 bits per heavy atom. The van der Waals surface area contributed by atoms with Crippen molar-refractivity contribution in [1.82, 2.24) is 9.78 Å². The summed E-state index contributed by atoms with van der Waals surface area (Å²) in [5.41, 5.74) is 1.04. The highest BCUT2D eigenvalue weighted by Crippen LogP contribution is 2.23. The van der Waals surface area contributed by atoms with E-state index in [-0.39, 0.29) is 0 Å². The molecule has 0 fully saturated rings. The quantitative estimate of drug-likeness (QED) is 0.724. The number of benzene rings is 1. The summed E-state index contributed by atoms with van der Waals surface area (Å²) in [6.07, 6.45) is 1.79. The maximum Gasteiger partial charge on any atom is 0.220 e. The molecule has 0 aliphatic heterocycles. The van der Waals surface area contributed by atoms with Crippen molar-refractivity contribution in [2.75, 3.05) is 0 Å². The molecule has 0 N–H and O–H groups in total. The lowest BCUT2D eigenvalue weighted by Crippen LogP contribution is -1.95. The van der Waals surface area contributed by atoms with Crippen molar-refractivity contribution in [1.29, 1.82) is 0 Å². The van der Waals surface area contributed by atoms with E-state index >= 15 is 0 Å². The number of para-hydroxylation sites is 1. The van der Waals surface area contributed by atoms with E-state index in [0.29, 0.717) is 0 Å². The van der Waals surface area contributed by atoms with Crippen LogP contribution >= 0.6 is 0 Å². The van der Waals surface area contributed by atoms with Crippen LogP contribution in [0, 0.1) is 6.92 Å². The van der Waals surface area contributed by atoms with E-state index in [1.807, 2.05) is 44.3 Å². The standard InChI is InChI=1S/C11H12N2O/c1-9-8-12-13(2)11(9)14-10-6-4-3-5-7-10/h3-8H,1-2H3. The predicted octanol–water partition coefficient (Wildman–Crippen LogP) is 2.52. The van der Waals surface area contributed by atoms with Crippen LogP contribution in [-0.2, 0) is 7.05 Å². The molecule has 2 aromatic rings. The zero-order chi connectivity index (χ0) is 9.97. The lowest BCUT2D eigenvalue weighted by molar-refractivity contribution is 0.428. The number of aromatic nitrogens is 2. The molecule has 0 aliphatic rings. The van der Waals surface area contributed by atoms with E-state index in [4.69, 9.17) is 4.74 Å². The minimum atomic E-state index is 0.788. The highest BCUT2D eigenvalue weighted by Gasteiger charge is 2.05. The number of rotatable bonds is 2. The van der Waals surface area contributed by atoms with E-state index in [1.165, 1.54) is 0 Å². The van der Waals surface area contributed by atoms with Gasteiger partial charge in [0.25, 0.3) is 0 Å². The third-order valence-corrected chi connectivity index (χ3v) is 2.01. The van der Waals surface area contributed by atoms with Crippen molar-refractivity contribution in [3.63, 3.8) is 0 Å². The summed E-state index contributed by atoms with van der Waals surface area (Å²) in [4.78, 5) is 0. The zero-order valence-electron chi connectivity index (χ0n) is 8.27. The van der Waals surface area contributed by atoms with Crippen LogP contribution < -0.4 is 4.74 Å². The molecule has 0 atom stereocenters. The first-order chi connectivity index (χ1) is 6.77. The van der Waals surface area contributed by atoms with Crippen LogP contribution in [0.4, 0.5) is 0 Å².